The van der Waals surface area contributed by atoms with Crippen molar-refractivity contribution in [3.8, 4) is 0 Å². The minimum Gasteiger partial charge on any atom is -0.462 e. The van der Waals surface area contributed by atoms with Crippen molar-refractivity contribution in [2.45, 2.75) is 45.8 Å². The lowest BCUT2D eigenvalue weighted by molar-refractivity contribution is 0.101. The molecule has 1 aromatic heterocycles. The first kappa shape index (κ1) is 14.3. The lowest BCUT2D eigenvalue weighted by Crippen LogP contribution is -2.09. The third-order valence-electron chi connectivity index (χ3n) is 2.58. The van der Waals surface area contributed by atoms with E-state index < -0.39 is 0 Å². The molecule has 0 radical (unpaired) electrons. The Kier molecular flexibility index (Phi) is 6.97. The minimum atomic E-state index is 0.597. The maximum absolute atomic E-state index is 5.66. The Labute approximate surface area is 105 Å². The molecule has 0 aliphatic carbocycles. The van der Waals surface area contributed by atoms with Gasteiger partial charge in [0, 0.05) is 6.61 Å². The Morgan fingerprint density at radius 1 is 1.12 bits per heavy atom. The van der Waals surface area contributed by atoms with Crippen LogP contribution in [0, 0.1) is 0 Å². The van der Waals surface area contributed by atoms with E-state index in [1.165, 1.54) is 19.3 Å². The van der Waals surface area contributed by atoms with E-state index in [2.05, 4.69) is 11.8 Å². The van der Waals surface area contributed by atoms with Gasteiger partial charge < -0.3 is 14.1 Å². The van der Waals surface area contributed by atoms with Gasteiger partial charge in [0.05, 0.1) is 6.54 Å². The maximum atomic E-state index is 5.66. The summed E-state index contributed by atoms with van der Waals surface area (Å²) in [4.78, 5) is 2.09. The second-order valence-corrected chi connectivity index (χ2v) is 4.72. The predicted molar refractivity (Wildman–Crippen MR) is 69.9 cm³/mol. The SMILES string of the molecule is CCCCCCOCc1ccc(CN(C)C)o1. The molecule has 1 rings (SSSR count). The number of hydrogen-bond donors (Lipinski definition) is 0. The highest BCUT2D eigenvalue weighted by molar-refractivity contribution is 5.06. The van der Waals surface area contributed by atoms with Gasteiger partial charge in [-0.05, 0) is 32.6 Å². The largest absolute Gasteiger partial charge is 0.462 e. The van der Waals surface area contributed by atoms with Crippen LogP contribution in [0.3, 0.4) is 0 Å². The summed E-state index contributed by atoms with van der Waals surface area (Å²) in [6.45, 7) is 4.50. The van der Waals surface area contributed by atoms with Crippen molar-refractivity contribution in [2.75, 3.05) is 20.7 Å². The summed E-state index contributed by atoms with van der Waals surface area (Å²) in [6.07, 6.45) is 4.99. The lowest BCUT2D eigenvalue weighted by atomic mass is 10.2. The molecule has 0 unspecified atom stereocenters. The molecule has 17 heavy (non-hydrogen) atoms. The highest BCUT2D eigenvalue weighted by Crippen LogP contribution is 2.11. The molecule has 0 aromatic carbocycles. The van der Waals surface area contributed by atoms with E-state index in [1.807, 2.05) is 26.2 Å². The molecule has 1 aromatic rings. The lowest BCUT2D eigenvalue weighted by Gasteiger charge is -2.06. The van der Waals surface area contributed by atoms with Crippen LogP contribution in [0.4, 0.5) is 0 Å². The average molecular weight is 239 g/mol. The van der Waals surface area contributed by atoms with Gasteiger partial charge in [0.1, 0.15) is 18.1 Å². The molecule has 98 valence electrons. The van der Waals surface area contributed by atoms with Gasteiger partial charge >= 0.3 is 0 Å². The molecule has 0 N–H and O–H groups in total. The topological polar surface area (TPSA) is 25.6 Å². The summed E-state index contributed by atoms with van der Waals surface area (Å²) in [5.41, 5.74) is 0. The molecular weight excluding hydrogens is 214 g/mol. The van der Waals surface area contributed by atoms with Crippen molar-refractivity contribution in [3.63, 3.8) is 0 Å². The van der Waals surface area contributed by atoms with Crippen LogP contribution in [0.2, 0.25) is 0 Å². The second kappa shape index (κ2) is 8.31. The zero-order valence-corrected chi connectivity index (χ0v) is 11.4. The van der Waals surface area contributed by atoms with Crippen LogP contribution >= 0.6 is 0 Å². The van der Waals surface area contributed by atoms with Gasteiger partial charge in [0.25, 0.3) is 0 Å². The fourth-order valence-corrected chi connectivity index (χ4v) is 1.70. The molecule has 0 aliphatic heterocycles. The van der Waals surface area contributed by atoms with Crippen molar-refractivity contribution in [1.29, 1.82) is 0 Å². The summed E-state index contributed by atoms with van der Waals surface area (Å²) in [7, 11) is 4.07. The zero-order chi connectivity index (χ0) is 12.5. The van der Waals surface area contributed by atoms with E-state index in [0.717, 1.165) is 31.1 Å². The van der Waals surface area contributed by atoms with Crippen molar-refractivity contribution in [1.82, 2.24) is 4.90 Å². The molecule has 3 nitrogen and oxygen atoms in total. The van der Waals surface area contributed by atoms with Gasteiger partial charge in [-0.2, -0.15) is 0 Å². The van der Waals surface area contributed by atoms with E-state index in [4.69, 9.17) is 9.15 Å². The first-order chi connectivity index (χ1) is 8.22. The normalized spacial score (nSPS) is 11.3. The quantitative estimate of drug-likeness (QED) is 0.617. The van der Waals surface area contributed by atoms with Crippen LogP contribution < -0.4 is 0 Å². The van der Waals surface area contributed by atoms with Crippen LogP contribution in [-0.4, -0.2) is 25.6 Å². The highest BCUT2D eigenvalue weighted by atomic mass is 16.5. The second-order valence-electron chi connectivity index (χ2n) is 4.72. The molecule has 1 heterocycles. The molecule has 0 amide bonds. The van der Waals surface area contributed by atoms with E-state index in [-0.39, 0.29) is 0 Å². The number of furan rings is 1. The Morgan fingerprint density at radius 3 is 2.59 bits per heavy atom. The number of ether oxygens (including phenoxy) is 1. The summed E-state index contributed by atoms with van der Waals surface area (Å²) in [5.74, 6) is 1.93. The maximum Gasteiger partial charge on any atom is 0.129 e. The first-order valence-corrected chi connectivity index (χ1v) is 6.52. The standard InChI is InChI=1S/C14H25NO2/c1-4-5-6-7-10-16-12-14-9-8-13(17-14)11-15(2)3/h8-9H,4-7,10-12H2,1-3H3. The van der Waals surface area contributed by atoms with Gasteiger partial charge in [-0.1, -0.05) is 26.2 Å². The van der Waals surface area contributed by atoms with Gasteiger partial charge in [-0.3, -0.25) is 0 Å². The zero-order valence-electron chi connectivity index (χ0n) is 11.4. The number of unbranched alkanes of at least 4 members (excludes halogenated alkanes) is 3. The van der Waals surface area contributed by atoms with Crippen molar-refractivity contribution >= 4 is 0 Å². The van der Waals surface area contributed by atoms with Crippen LogP contribution in [0.5, 0.6) is 0 Å². The molecule has 0 bridgehead atoms. The van der Waals surface area contributed by atoms with Gasteiger partial charge in [-0.15, -0.1) is 0 Å². The van der Waals surface area contributed by atoms with Crippen LogP contribution in [0.25, 0.3) is 0 Å². The summed E-state index contributed by atoms with van der Waals surface area (Å²) in [5, 5.41) is 0. The van der Waals surface area contributed by atoms with Gasteiger partial charge in [0.2, 0.25) is 0 Å². The molecule has 0 spiro atoms. The highest BCUT2D eigenvalue weighted by Gasteiger charge is 2.03. The third kappa shape index (κ3) is 6.49. The molecule has 0 atom stereocenters. The average Bonchev–Trinajstić information content (AvgIpc) is 2.70. The van der Waals surface area contributed by atoms with Gasteiger partial charge in [0.15, 0.2) is 0 Å². The summed E-state index contributed by atoms with van der Waals surface area (Å²) in [6, 6.07) is 4.03. The van der Waals surface area contributed by atoms with E-state index in [0.29, 0.717) is 6.61 Å². The summed E-state index contributed by atoms with van der Waals surface area (Å²) >= 11 is 0. The Bertz CT molecular complexity index is 294. The molecule has 0 fully saturated rings. The fraction of sp³-hybridized carbons (Fsp3) is 0.714. The van der Waals surface area contributed by atoms with Crippen molar-refractivity contribution in [3.05, 3.63) is 23.7 Å². The first-order valence-electron chi connectivity index (χ1n) is 6.52. The number of nitrogens with zero attached hydrogens (tertiary/aromatic N) is 1. The Morgan fingerprint density at radius 2 is 1.88 bits per heavy atom. The summed E-state index contributed by atoms with van der Waals surface area (Å²) < 4.78 is 11.2. The molecule has 0 aliphatic rings. The smallest absolute Gasteiger partial charge is 0.129 e. The molecule has 3 heteroatoms. The molecule has 0 saturated carbocycles. The number of hydrogen-bond acceptors (Lipinski definition) is 3. The minimum absolute atomic E-state index is 0.597. The number of rotatable bonds is 9. The van der Waals surface area contributed by atoms with E-state index in [1.54, 1.807) is 0 Å². The van der Waals surface area contributed by atoms with Crippen LogP contribution in [0.15, 0.2) is 16.5 Å². The van der Waals surface area contributed by atoms with Crippen molar-refractivity contribution < 1.29 is 9.15 Å². The van der Waals surface area contributed by atoms with Crippen LogP contribution in [-0.2, 0) is 17.9 Å². The Balaban J connectivity index is 2.12. The third-order valence-corrected chi connectivity index (χ3v) is 2.58. The predicted octanol–water partition coefficient (Wildman–Crippen LogP) is 3.44. The Hall–Kier alpha value is -0.800. The van der Waals surface area contributed by atoms with Gasteiger partial charge in [-0.25, -0.2) is 0 Å². The van der Waals surface area contributed by atoms with E-state index >= 15 is 0 Å². The van der Waals surface area contributed by atoms with Crippen LogP contribution in [0.1, 0.15) is 44.1 Å². The van der Waals surface area contributed by atoms with Crippen molar-refractivity contribution in [2.24, 2.45) is 0 Å². The fourth-order valence-electron chi connectivity index (χ4n) is 1.70. The molecular formula is C14H25NO2. The van der Waals surface area contributed by atoms with E-state index in [9.17, 15) is 0 Å². The molecule has 0 saturated heterocycles. The monoisotopic (exact) mass is 239 g/mol.